The lowest BCUT2D eigenvalue weighted by Crippen LogP contribution is -2.02. The van der Waals surface area contributed by atoms with Crippen LogP contribution in [-0.2, 0) is 11.3 Å². The molecule has 0 atom stereocenters. The molecule has 4 nitrogen and oxygen atoms in total. The highest BCUT2D eigenvalue weighted by Gasteiger charge is 1.91. The van der Waals surface area contributed by atoms with Crippen molar-refractivity contribution in [2.24, 2.45) is 0 Å². The molecular formula is C9H16N2O2. The van der Waals surface area contributed by atoms with Gasteiger partial charge in [-0.25, -0.2) is 4.98 Å². The molecule has 0 radical (unpaired) electrons. The molecule has 1 rings (SSSR count). The third-order valence-electron chi connectivity index (χ3n) is 1.75. The molecule has 0 aromatic carbocycles. The number of aliphatic hydroxyl groups is 1. The number of rotatable bonds is 7. The summed E-state index contributed by atoms with van der Waals surface area (Å²) in [5.41, 5.74) is 0. The van der Waals surface area contributed by atoms with Crippen LogP contribution in [0, 0.1) is 0 Å². The van der Waals surface area contributed by atoms with Crippen molar-refractivity contribution in [2.75, 3.05) is 19.8 Å². The molecule has 1 aromatic heterocycles. The number of nitrogens with zero attached hydrogens (tertiary/aromatic N) is 2. The van der Waals surface area contributed by atoms with Crippen LogP contribution >= 0.6 is 0 Å². The Labute approximate surface area is 78.2 Å². The smallest absolute Gasteiger partial charge is 0.0945 e. The van der Waals surface area contributed by atoms with Gasteiger partial charge in [-0.3, -0.25) is 0 Å². The van der Waals surface area contributed by atoms with Crippen LogP contribution in [0.1, 0.15) is 12.8 Å². The number of hydrogen-bond donors (Lipinski definition) is 1. The summed E-state index contributed by atoms with van der Waals surface area (Å²) >= 11 is 0. The summed E-state index contributed by atoms with van der Waals surface area (Å²) in [6.07, 6.45) is 7.66. The lowest BCUT2D eigenvalue weighted by molar-refractivity contribution is 0.0893. The Morgan fingerprint density at radius 2 is 2.23 bits per heavy atom. The molecule has 1 aromatic rings. The van der Waals surface area contributed by atoms with Gasteiger partial charge in [0.2, 0.25) is 0 Å². The number of aromatic nitrogens is 2. The Balaban J connectivity index is 1.90. The normalized spacial score (nSPS) is 10.5. The fourth-order valence-electron chi connectivity index (χ4n) is 1.08. The van der Waals surface area contributed by atoms with Gasteiger partial charge in [-0.1, -0.05) is 0 Å². The van der Waals surface area contributed by atoms with E-state index in [2.05, 4.69) is 4.98 Å². The maximum absolute atomic E-state index is 8.44. The van der Waals surface area contributed by atoms with E-state index < -0.39 is 0 Å². The third-order valence-corrected chi connectivity index (χ3v) is 1.75. The number of aryl methyl sites for hydroxylation is 1. The third kappa shape index (κ3) is 4.65. The zero-order valence-corrected chi connectivity index (χ0v) is 7.72. The fraction of sp³-hybridized carbons (Fsp3) is 0.667. The molecule has 0 aliphatic rings. The molecule has 0 unspecified atom stereocenters. The van der Waals surface area contributed by atoms with E-state index in [1.807, 2.05) is 17.1 Å². The minimum Gasteiger partial charge on any atom is -0.394 e. The Morgan fingerprint density at radius 3 is 2.92 bits per heavy atom. The van der Waals surface area contributed by atoms with Gasteiger partial charge in [-0.2, -0.15) is 0 Å². The molecule has 74 valence electrons. The van der Waals surface area contributed by atoms with E-state index in [1.54, 1.807) is 6.20 Å². The van der Waals surface area contributed by atoms with E-state index in [9.17, 15) is 0 Å². The van der Waals surface area contributed by atoms with E-state index in [4.69, 9.17) is 9.84 Å². The van der Waals surface area contributed by atoms with Crippen LogP contribution in [0.25, 0.3) is 0 Å². The molecule has 4 heteroatoms. The molecule has 0 spiro atoms. The van der Waals surface area contributed by atoms with Crippen molar-refractivity contribution in [1.29, 1.82) is 0 Å². The molecular weight excluding hydrogens is 168 g/mol. The quantitative estimate of drug-likeness (QED) is 0.634. The summed E-state index contributed by atoms with van der Waals surface area (Å²) in [6, 6.07) is 0. The number of ether oxygens (including phenoxy) is 1. The molecule has 0 saturated carbocycles. The molecule has 0 aliphatic carbocycles. The van der Waals surface area contributed by atoms with Gasteiger partial charge in [-0.05, 0) is 12.8 Å². The first kappa shape index (κ1) is 10.2. The summed E-state index contributed by atoms with van der Waals surface area (Å²) in [5.74, 6) is 0. The summed E-state index contributed by atoms with van der Waals surface area (Å²) in [4.78, 5) is 3.95. The number of unbranched alkanes of at least 4 members (excludes halogenated alkanes) is 1. The second-order valence-corrected chi connectivity index (χ2v) is 2.84. The van der Waals surface area contributed by atoms with E-state index in [0.717, 1.165) is 26.0 Å². The molecule has 1 N–H and O–H groups in total. The summed E-state index contributed by atoms with van der Waals surface area (Å²) in [5, 5.41) is 8.44. The van der Waals surface area contributed by atoms with Crippen molar-refractivity contribution in [3.8, 4) is 0 Å². The van der Waals surface area contributed by atoms with Gasteiger partial charge in [0.05, 0.1) is 19.5 Å². The highest BCUT2D eigenvalue weighted by atomic mass is 16.5. The van der Waals surface area contributed by atoms with E-state index in [1.165, 1.54) is 0 Å². The van der Waals surface area contributed by atoms with Crippen LogP contribution in [0.5, 0.6) is 0 Å². The van der Waals surface area contributed by atoms with Crippen LogP contribution in [0.4, 0.5) is 0 Å². The average molecular weight is 184 g/mol. The first-order valence-electron chi connectivity index (χ1n) is 4.58. The SMILES string of the molecule is OCCOCCCCn1ccnc1. The Kier molecular flexibility index (Phi) is 5.20. The molecule has 0 bridgehead atoms. The van der Waals surface area contributed by atoms with Gasteiger partial charge >= 0.3 is 0 Å². The molecule has 0 aliphatic heterocycles. The van der Waals surface area contributed by atoms with Crippen molar-refractivity contribution < 1.29 is 9.84 Å². The van der Waals surface area contributed by atoms with Gasteiger partial charge in [0, 0.05) is 25.5 Å². The Hall–Kier alpha value is -0.870. The van der Waals surface area contributed by atoms with Crippen LogP contribution < -0.4 is 0 Å². The molecule has 1 heterocycles. The number of imidazole rings is 1. The summed E-state index contributed by atoms with van der Waals surface area (Å²) in [6.45, 7) is 2.28. The maximum atomic E-state index is 8.44. The summed E-state index contributed by atoms with van der Waals surface area (Å²) in [7, 11) is 0. The van der Waals surface area contributed by atoms with Crippen LogP contribution in [-0.4, -0.2) is 34.5 Å². The highest BCUT2D eigenvalue weighted by molar-refractivity contribution is 4.73. The summed E-state index contributed by atoms with van der Waals surface area (Å²) < 4.78 is 7.17. The van der Waals surface area contributed by atoms with Crippen molar-refractivity contribution in [3.63, 3.8) is 0 Å². The zero-order chi connectivity index (χ0) is 9.36. The average Bonchev–Trinajstić information content (AvgIpc) is 2.63. The minimum atomic E-state index is 0.113. The minimum absolute atomic E-state index is 0.113. The van der Waals surface area contributed by atoms with Crippen LogP contribution in [0.15, 0.2) is 18.7 Å². The van der Waals surface area contributed by atoms with Crippen molar-refractivity contribution >= 4 is 0 Å². The molecule has 0 amide bonds. The van der Waals surface area contributed by atoms with Gasteiger partial charge in [0.25, 0.3) is 0 Å². The molecule has 0 fully saturated rings. The van der Waals surface area contributed by atoms with E-state index in [-0.39, 0.29) is 6.61 Å². The predicted molar refractivity (Wildman–Crippen MR) is 49.4 cm³/mol. The van der Waals surface area contributed by atoms with Crippen molar-refractivity contribution in [3.05, 3.63) is 18.7 Å². The Bertz CT molecular complexity index is 199. The van der Waals surface area contributed by atoms with E-state index >= 15 is 0 Å². The van der Waals surface area contributed by atoms with Gasteiger partial charge in [0.15, 0.2) is 0 Å². The van der Waals surface area contributed by atoms with Gasteiger partial charge in [0.1, 0.15) is 0 Å². The van der Waals surface area contributed by atoms with Gasteiger partial charge < -0.3 is 14.4 Å². The maximum Gasteiger partial charge on any atom is 0.0945 e. The zero-order valence-electron chi connectivity index (χ0n) is 7.72. The predicted octanol–water partition coefficient (Wildman–Crippen LogP) is 0.672. The Morgan fingerprint density at radius 1 is 1.31 bits per heavy atom. The first-order chi connectivity index (χ1) is 6.43. The second-order valence-electron chi connectivity index (χ2n) is 2.84. The number of hydrogen-bond acceptors (Lipinski definition) is 3. The van der Waals surface area contributed by atoms with Crippen molar-refractivity contribution in [2.45, 2.75) is 19.4 Å². The van der Waals surface area contributed by atoms with E-state index in [0.29, 0.717) is 6.61 Å². The van der Waals surface area contributed by atoms with Crippen LogP contribution in [0.2, 0.25) is 0 Å². The van der Waals surface area contributed by atoms with Gasteiger partial charge in [-0.15, -0.1) is 0 Å². The molecule has 13 heavy (non-hydrogen) atoms. The topological polar surface area (TPSA) is 47.3 Å². The van der Waals surface area contributed by atoms with Crippen molar-refractivity contribution in [1.82, 2.24) is 9.55 Å². The fourth-order valence-corrected chi connectivity index (χ4v) is 1.08. The lowest BCUT2D eigenvalue weighted by atomic mass is 10.3. The lowest BCUT2D eigenvalue weighted by Gasteiger charge is -2.02. The van der Waals surface area contributed by atoms with Crippen LogP contribution in [0.3, 0.4) is 0 Å². The second kappa shape index (κ2) is 6.62. The monoisotopic (exact) mass is 184 g/mol. The largest absolute Gasteiger partial charge is 0.394 e. The first-order valence-corrected chi connectivity index (χ1v) is 4.58. The highest BCUT2D eigenvalue weighted by Crippen LogP contribution is 1.95. The molecule has 0 saturated heterocycles. The standard InChI is InChI=1S/C9H16N2O2/c12-6-8-13-7-2-1-4-11-5-3-10-9-11/h3,5,9,12H,1-2,4,6-8H2. The number of aliphatic hydroxyl groups excluding tert-OH is 1.